The maximum Gasteiger partial charge on any atom is 0.257 e. The quantitative estimate of drug-likeness (QED) is 0.791. The molecule has 1 aliphatic rings. The average Bonchev–Trinajstić information content (AvgIpc) is 3.09. The molecule has 0 atom stereocenters. The summed E-state index contributed by atoms with van der Waals surface area (Å²) in [5.41, 5.74) is 0.901. The number of piperidine rings is 1. The molecular formula is C17H24N4O2. The minimum Gasteiger partial charge on any atom is -0.497 e. The van der Waals surface area contributed by atoms with Crippen molar-refractivity contribution >= 4 is 0 Å². The molecule has 1 aromatic carbocycles. The van der Waals surface area contributed by atoms with Crippen LogP contribution < -0.4 is 10.1 Å². The molecule has 23 heavy (non-hydrogen) atoms. The zero-order valence-corrected chi connectivity index (χ0v) is 13.6. The van der Waals surface area contributed by atoms with Crippen LogP contribution in [0.15, 0.2) is 28.8 Å². The Hall–Kier alpha value is -1.92. The number of aromatic nitrogens is 2. The lowest BCUT2D eigenvalue weighted by molar-refractivity contribution is 0.228. The molecule has 3 rings (SSSR count). The molecule has 1 fully saturated rings. The van der Waals surface area contributed by atoms with Gasteiger partial charge in [0.1, 0.15) is 5.75 Å². The van der Waals surface area contributed by atoms with Gasteiger partial charge in [-0.2, -0.15) is 4.98 Å². The van der Waals surface area contributed by atoms with E-state index in [1.165, 1.54) is 32.4 Å². The van der Waals surface area contributed by atoms with E-state index >= 15 is 0 Å². The number of likely N-dealkylation sites (tertiary alicyclic amines) is 1. The van der Waals surface area contributed by atoms with Crippen LogP contribution in [-0.2, 0) is 6.54 Å². The summed E-state index contributed by atoms with van der Waals surface area (Å²) in [5.74, 6) is 2.04. The van der Waals surface area contributed by atoms with Gasteiger partial charge < -0.3 is 19.5 Å². The van der Waals surface area contributed by atoms with Gasteiger partial charge in [-0.1, -0.05) is 11.6 Å². The molecule has 0 radical (unpaired) electrons. The van der Waals surface area contributed by atoms with E-state index in [2.05, 4.69) is 20.4 Å². The van der Waals surface area contributed by atoms with E-state index in [9.17, 15) is 0 Å². The predicted molar refractivity (Wildman–Crippen MR) is 88.3 cm³/mol. The maximum absolute atomic E-state index is 5.32. The van der Waals surface area contributed by atoms with Crippen LogP contribution in [0.25, 0.3) is 11.5 Å². The van der Waals surface area contributed by atoms with Gasteiger partial charge >= 0.3 is 0 Å². The molecule has 0 amide bonds. The molecule has 0 aliphatic carbocycles. The van der Waals surface area contributed by atoms with E-state index in [4.69, 9.17) is 9.26 Å². The molecule has 2 heterocycles. The van der Waals surface area contributed by atoms with Crippen LogP contribution in [0, 0.1) is 0 Å². The van der Waals surface area contributed by atoms with Crippen LogP contribution in [0.5, 0.6) is 5.75 Å². The number of methoxy groups -OCH3 is 1. The lowest BCUT2D eigenvalue weighted by Crippen LogP contribution is -2.35. The second kappa shape index (κ2) is 8.08. The number of nitrogens with one attached hydrogen (secondary N) is 1. The number of ether oxygens (including phenoxy) is 1. The third kappa shape index (κ3) is 4.53. The van der Waals surface area contributed by atoms with Crippen molar-refractivity contribution in [3.8, 4) is 17.2 Å². The Bertz CT molecular complexity index is 591. The normalized spacial score (nSPS) is 15.7. The molecule has 1 aromatic heterocycles. The zero-order valence-electron chi connectivity index (χ0n) is 13.6. The second-order valence-corrected chi connectivity index (χ2v) is 5.82. The highest BCUT2D eigenvalue weighted by Crippen LogP contribution is 2.20. The molecule has 0 bridgehead atoms. The van der Waals surface area contributed by atoms with Crippen molar-refractivity contribution in [2.75, 3.05) is 33.3 Å². The lowest BCUT2D eigenvalue weighted by atomic mass is 10.1. The second-order valence-electron chi connectivity index (χ2n) is 5.82. The van der Waals surface area contributed by atoms with Gasteiger partial charge in [-0.05, 0) is 50.2 Å². The van der Waals surface area contributed by atoms with E-state index in [1.807, 2.05) is 24.3 Å². The molecule has 124 valence electrons. The van der Waals surface area contributed by atoms with Crippen LogP contribution in [0.2, 0.25) is 0 Å². The Labute approximate surface area is 136 Å². The van der Waals surface area contributed by atoms with E-state index in [-0.39, 0.29) is 0 Å². The molecule has 6 nitrogen and oxygen atoms in total. The largest absolute Gasteiger partial charge is 0.497 e. The standard InChI is InChI=1S/C17H24N4O2/c1-22-15-7-5-14(6-8-15)17-19-16(20-23-17)13-18-9-12-21-10-3-2-4-11-21/h5-8,18H,2-4,9-13H2,1H3. The van der Waals surface area contributed by atoms with Gasteiger partial charge in [0, 0.05) is 18.7 Å². The van der Waals surface area contributed by atoms with Gasteiger partial charge in [-0.15, -0.1) is 0 Å². The highest BCUT2D eigenvalue weighted by atomic mass is 16.5. The predicted octanol–water partition coefficient (Wildman–Crippen LogP) is 2.32. The summed E-state index contributed by atoms with van der Waals surface area (Å²) < 4.78 is 10.5. The zero-order chi connectivity index (χ0) is 15.9. The summed E-state index contributed by atoms with van der Waals surface area (Å²) in [4.78, 5) is 6.94. The first kappa shape index (κ1) is 16.0. The number of benzene rings is 1. The van der Waals surface area contributed by atoms with Crippen LogP contribution in [-0.4, -0.2) is 48.3 Å². The van der Waals surface area contributed by atoms with Gasteiger partial charge in [0.2, 0.25) is 0 Å². The number of hydrogen-bond acceptors (Lipinski definition) is 6. The monoisotopic (exact) mass is 316 g/mol. The summed E-state index contributed by atoms with van der Waals surface area (Å²) in [6.45, 7) is 5.13. The number of hydrogen-bond donors (Lipinski definition) is 1. The fourth-order valence-corrected chi connectivity index (χ4v) is 2.80. The molecule has 1 N–H and O–H groups in total. The molecule has 1 aliphatic heterocycles. The molecule has 0 saturated carbocycles. The third-order valence-corrected chi connectivity index (χ3v) is 4.14. The van der Waals surface area contributed by atoms with Crippen molar-refractivity contribution in [3.63, 3.8) is 0 Å². The fourth-order valence-electron chi connectivity index (χ4n) is 2.80. The van der Waals surface area contributed by atoms with Gasteiger partial charge in [0.05, 0.1) is 13.7 Å². The summed E-state index contributed by atoms with van der Waals surface area (Å²) in [5, 5.41) is 7.41. The lowest BCUT2D eigenvalue weighted by Gasteiger charge is -2.26. The first-order chi connectivity index (χ1) is 11.3. The molecule has 2 aromatic rings. The Morgan fingerprint density at radius 1 is 1.17 bits per heavy atom. The van der Waals surface area contributed by atoms with Crippen LogP contribution >= 0.6 is 0 Å². The Morgan fingerprint density at radius 3 is 2.70 bits per heavy atom. The Balaban J connectivity index is 1.45. The SMILES string of the molecule is COc1ccc(-c2nc(CNCCN3CCCCC3)no2)cc1. The first-order valence-corrected chi connectivity index (χ1v) is 8.25. The van der Waals surface area contributed by atoms with Gasteiger partial charge in [-0.25, -0.2) is 0 Å². The van der Waals surface area contributed by atoms with Gasteiger partial charge in [-0.3, -0.25) is 0 Å². The topological polar surface area (TPSA) is 63.4 Å². The highest BCUT2D eigenvalue weighted by molar-refractivity contribution is 5.54. The van der Waals surface area contributed by atoms with E-state index < -0.39 is 0 Å². The summed E-state index contributed by atoms with van der Waals surface area (Å²) >= 11 is 0. The molecule has 0 unspecified atom stereocenters. The van der Waals surface area contributed by atoms with Crippen molar-refractivity contribution in [2.45, 2.75) is 25.8 Å². The van der Waals surface area contributed by atoms with Crippen LogP contribution in [0.3, 0.4) is 0 Å². The van der Waals surface area contributed by atoms with E-state index in [0.29, 0.717) is 18.3 Å². The molecule has 6 heteroatoms. The summed E-state index contributed by atoms with van der Waals surface area (Å²) in [6.07, 6.45) is 4.03. The molecule has 1 saturated heterocycles. The van der Waals surface area contributed by atoms with Crippen molar-refractivity contribution in [2.24, 2.45) is 0 Å². The van der Waals surface area contributed by atoms with Crippen molar-refractivity contribution in [1.29, 1.82) is 0 Å². The summed E-state index contributed by atoms with van der Waals surface area (Å²) in [6, 6.07) is 7.60. The van der Waals surface area contributed by atoms with Crippen molar-refractivity contribution < 1.29 is 9.26 Å². The summed E-state index contributed by atoms with van der Waals surface area (Å²) in [7, 11) is 1.65. The average molecular weight is 316 g/mol. The van der Waals surface area contributed by atoms with Crippen LogP contribution in [0.1, 0.15) is 25.1 Å². The molecule has 0 spiro atoms. The van der Waals surface area contributed by atoms with E-state index in [0.717, 1.165) is 24.4 Å². The molecular weight excluding hydrogens is 292 g/mol. The minimum absolute atomic E-state index is 0.542. The Morgan fingerprint density at radius 2 is 1.96 bits per heavy atom. The van der Waals surface area contributed by atoms with E-state index in [1.54, 1.807) is 7.11 Å². The minimum atomic E-state index is 0.542. The van der Waals surface area contributed by atoms with Gasteiger partial charge in [0.15, 0.2) is 5.82 Å². The number of rotatable bonds is 7. The maximum atomic E-state index is 5.32. The van der Waals surface area contributed by atoms with Crippen LogP contribution in [0.4, 0.5) is 0 Å². The Kier molecular flexibility index (Phi) is 5.60. The van der Waals surface area contributed by atoms with Crippen molar-refractivity contribution in [1.82, 2.24) is 20.4 Å². The number of nitrogens with zero attached hydrogens (tertiary/aromatic N) is 3. The smallest absolute Gasteiger partial charge is 0.257 e. The van der Waals surface area contributed by atoms with Gasteiger partial charge in [0.25, 0.3) is 5.89 Å². The third-order valence-electron chi connectivity index (χ3n) is 4.14. The highest BCUT2D eigenvalue weighted by Gasteiger charge is 2.10. The first-order valence-electron chi connectivity index (χ1n) is 8.25. The van der Waals surface area contributed by atoms with Crippen molar-refractivity contribution in [3.05, 3.63) is 30.1 Å². The fraction of sp³-hybridized carbons (Fsp3) is 0.529.